The Labute approximate surface area is 189 Å². The lowest BCUT2D eigenvalue weighted by Gasteiger charge is -2.21. The summed E-state index contributed by atoms with van der Waals surface area (Å²) in [6, 6.07) is 3.21. The first-order chi connectivity index (χ1) is 15.9. The van der Waals surface area contributed by atoms with Gasteiger partial charge in [0.05, 0.1) is 17.1 Å². The van der Waals surface area contributed by atoms with E-state index in [0.29, 0.717) is 23.8 Å². The Bertz CT molecular complexity index is 1380. The van der Waals surface area contributed by atoms with Crippen molar-refractivity contribution in [3.8, 4) is 5.75 Å². The van der Waals surface area contributed by atoms with Gasteiger partial charge in [0.15, 0.2) is 11.5 Å². The van der Waals surface area contributed by atoms with Crippen LogP contribution in [0.4, 0.5) is 15.8 Å². The lowest BCUT2D eigenvalue weighted by molar-refractivity contribution is 0.102. The van der Waals surface area contributed by atoms with E-state index in [-0.39, 0.29) is 22.6 Å². The van der Waals surface area contributed by atoms with Crippen LogP contribution in [0.15, 0.2) is 30.7 Å². The number of nitrogens with zero attached hydrogens (tertiary/aromatic N) is 5. The van der Waals surface area contributed by atoms with Crippen molar-refractivity contribution in [1.82, 2.24) is 24.5 Å². The molecule has 33 heavy (non-hydrogen) atoms. The molecule has 0 spiro atoms. The zero-order chi connectivity index (χ0) is 23.3. The molecule has 0 aliphatic carbocycles. The smallest absolute Gasteiger partial charge is 0.261 e. The number of amides is 1. The van der Waals surface area contributed by atoms with Gasteiger partial charge in [-0.15, -0.1) is 0 Å². The molecule has 0 unspecified atom stereocenters. The molecule has 9 nitrogen and oxygen atoms in total. The van der Waals surface area contributed by atoms with Crippen molar-refractivity contribution < 1.29 is 14.3 Å². The summed E-state index contributed by atoms with van der Waals surface area (Å²) in [5.74, 6) is -1.27. The number of aromatic hydroxyl groups is 1. The van der Waals surface area contributed by atoms with Crippen LogP contribution in [0.5, 0.6) is 5.75 Å². The Morgan fingerprint density at radius 3 is 2.85 bits per heavy atom. The predicted molar refractivity (Wildman–Crippen MR) is 125 cm³/mol. The third-order valence-corrected chi connectivity index (χ3v) is 6.18. The predicted octanol–water partition coefficient (Wildman–Crippen LogP) is 2.91. The molecule has 4 aromatic rings. The zero-order valence-corrected chi connectivity index (χ0v) is 18.8. The van der Waals surface area contributed by atoms with Crippen LogP contribution in [0.1, 0.15) is 29.4 Å². The number of anilines is 2. The minimum atomic E-state index is -0.560. The summed E-state index contributed by atoms with van der Waals surface area (Å²) < 4.78 is 17.7. The van der Waals surface area contributed by atoms with Crippen LogP contribution >= 0.6 is 0 Å². The molecule has 1 aliphatic heterocycles. The summed E-state index contributed by atoms with van der Waals surface area (Å²) in [6.45, 7) is 5.99. The second-order valence-corrected chi connectivity index (χ2v) is 8.40. The molecule has 1 aromatic carbocycles. The number of fused-ring (bicyclic) bond motifs is 2. The molecule has 1 atom stereocenters. The third kappa shape index (κ3) is 3.66. The van der Waals surface area contributed by atoms with Gasteiger partial charge in [0.1, 0.15) is 16.8 Å². The fraction of sp³-hybridized carbons (Fsp3) is 0.348. The second kappa shape index (κ2) is 8.04. The first-order valence-electron chi connectivity index (χ1n) is 11.0. The average molecular weight is 452 g/mol. The van der Waals surface area contributed by atoms with Gasteiger partial charge in [-0.25, -0.2) is 9.37 Å². The third-order valence-electron chi connectivity index (χ3n) is 6.18. The highest BCUT2D eigenvalue weighted by molar-refractivity contribution is 6.16. The molecule has 3 aromatic heterocycles. The number of aryl methyl sites for hydroxylation is 2. The lowest BCUT2D eigenvalue weighted by atomic mass is 10.1. The molecule has 0 saturated carbocycles. The van der Waals surface area contributed by atoms with E-state index < -0.39 is 11.7 Å². The molecular weight excluding hydrogens is 425 g/mol. The minimum absolute atomic E-state index is 0.0626. The molecule has 1 saturated heterocycles. The normalized spacial score (nSPS) is 16.2. The molecule has 10 heteroatoms. The van der Waals surface area contributed by atoms with Crippen LogP contribution in [0, 0.1) is 12.7 Å². The van der Waals surface area contributed by atoms with Crippen LogP contribution in [0.2, 0.25) is 0 Å². The number of hydrogen-bond acceptors (Lipinski definition) is 6. The van der Waals surface area contributed by atoms with Crippen molar-refractivity contribution >= 4 is 33.8 Å². The zero-order valence-electron chi connectivity index (χ0n) is 18.8. The number of carbonyl (C=O) groups excluding carboxylic acids is 1. The van der Waals surface area contributed by atoms with E-state index in [1.807, 2.05) is 20.2 Å². The topological polar surface area (TPSA) is 99.7 Å². The molecule has 5 rings (SSSR count). The number of halogens is 1. The summed E-state index contributed by atoms with van der Waals surface area (Å²) in [6.07, 6.45) is 6.15. The van der Waals surface area contributed by atoms with Gasteiger partial charge in [-0.2, -0.15) is 5.10 Å². The highest BCUT2D eigenvalue weighted by Crippen LogP contribution is 2.37. The fourth-order valence-electron chi connectivity index (χ4n) is 4.50. The number of aromatic nitrogens is 4. The van der Waals surface area contributed by atoms with Crippen LogP contribution in [-0.4, -0.2) is 56.4 Å². The molecule has 1 aliphatic rings. The summed E-state index contributed by atoms with van der Waals surface area (Å²) in [7, 11) is 1.94. The standard InChI is InChI=1S/C23H26FN7O2/c1-4-31-12-16-18(29-6-5-14(10-29)25-3)8-19(32)20(21(16)28-31)23(33)27-15-7-17(24)22-26-13(2)9-30(22)11-15/h7-9,11-12,14,25,32H,4-6,10H2,1-3H3,(H,27,33)/t14-/m1/s1. The van der Waals surface area contributed by atoms with Gasteiger partial charge in [0, 0.05) is 61.8 Å². The van der Waals surface area contributed by atoms with E-state index in [4.69, 9.17) is 0 Å². The summed E-state index contributed by atoms with van der Waals surface area (Å²) in [5.41, 5.74) is 2.43. The molecule has 1 fully saturated rings. The maximum atomic E-state index is 14.5. The minimum Gasteiger partial charge on any atom is -0.507 e. The highest BCUT2D eigenvalue weighted by atomic mass is 19.1. The van der Waals surface area contributed by atoms with Crippen LogP contribution in [0.25, 0.3) is 16.6 Å². The number of pyridine rings is 1. The largest absolute Gasteiger partial charge is 0.507 e. The summed E-state index contributed by atoms with van der Waals surface area (Å²) >= 11 is 0. The number of carbonyl (C=O) groups is 1. The van der Waals surface area contributed by atoms with Gasteiger partial charge in [0.25, 0.3) is 5.91 Å². The van der Waals surface area contributed by atoms with E-state index >= 15 is 0 Å². The fourth-order valence-corrected chi connectivity index (χ4v) is 4.50. The van der Waals surface area contributed by atoms with Crippen molar-refractivity contribution in [2.75, 3.05) is 30.4 Å². The molecule has 0 radical (unpaired) electrons. The van der Waals surface area contributed by atoms with Crippen molar-refractivity contribution in [2.24, 2.45) is 0 Å². The maximum Gasteiger partial charge on any atom is 0.261 e. The number of benzene rings is 1. The van der Waals surface area contributed by atoms with Crippen molar-refractivity contribution in [3.05, 3.63) is 47.8 Å². The lowest BCUT2D eigenvalue weighted by Crippen LogP contribution is -2.29. The Morgan fingerprint density at radius 1 is 1.30 bits per heavy atom. The van der Waals surface area contributed by atoms with Gasteiger partial charge in [0.2, 0.25) is 0 Å². The van der Waals surface area contributed by atoms with Gasteiger partial charge in [-0.3, -0.25) is 9.48 Å². The molecular formula is C23H26FN7O2. The van der Waals surface area contributed by atoms with E-state index in [9.17, 15) is 14.3 Å². The second-order valence-electron chi connectivity index (χ2n) is 8.40. The van der Waals surface area contributed by atoms with Crippen molar-refractivity contribution in [2.45, 2.75) is 32.9 Å². The number of nitrogens with one attached hydrogen (secondary N) is 2. The molecule has 3 N–H and O–H groups in total. The number of phenolic OH excluding ortho intramolecular Hbond substituents is 1. The van der Waals surface area contributed by atoms with Gasteiger partial charge >= 0.3 is 0 Å². The van der Waals surface area contributed by atoms with Crippen LogP contribution < -0.4 is 15.5 Å². The number of hydrogen-bond donors (Lipinski definition) is 3. The first kappa shape index (κ1) is 21.2. The Hall–Kier alpha value is -3.66. The number of imidazole rings is 1. The Morgan fingerprint density at radius 2 is 2.12 bits per heavy atom. The molecule has 172 valence electrons. The van der Waals surface area contributed by atoms with Crippen molar-refractivity contribution in [3.63, 3.8) is 0 Å². The van der Waals surface area contributed by atoms with Gasteiger partial charge in [-0.05, 0) is 27.3 Å². The maximum absolute atomic E-state index is 14.5. The van der Waals surface area contributed by atoms with Gasteiger partial charge in [-0.1, -0.05) is 0 Å². The van der Waals surface area contributed by atoms with Crippen LogP contribution in [0.3, 0.4) is 0 Å². The quantitative estimate of drug-likeness (QED) is 0.432. The summed E-state index contributed by atoms with van der Waals surface area (Å²) in [5, 5.41) is 22.2. The SMILES string of the molecule is CCn1cc2c(N3CC[C@@H](NC)C3)cc(O)c(C(=O)Nc3cc(F)c4nc(C)cn4c3)c2n1. The van der Waals surface area contributed by atoms with E-state index in [1.165, 1.54) is 10.5 Å². The van der Waals surface area contributed by atoms with Crippen molar-refractivity contribution in [1.29, 1.82) is 0 Å². The molecule has 0 bridgehead atoms. The Kier molecular flexibility index (Phi) is 5.16. The average Bonchev–Trinajstić information content (AvgIpc) is 3.50. The monoisotopic (exact) mass is 451 g/mol. The number of rotatable bonds is 5. The number of phenols is 1. The Balaban J connectivity index is 1.55. The summed E-state index contributed by atoms with van der Waals surface area (Å²) in [4.78, 5) is 19.6. The van der Waals surface area contributed by atoms with E-state index in [2.05, 4.69) is 25.6 Å². The molecule has 4 heterocycles. The number of likely N-dealkylation sites (N-methyl/N-ethyl adjacent to an activating group) is 1. The first-order valence-corrected chi connectivity index (χ1v) is 11.0. The molecule has 1 amide bonds. The van der Waals surface area contributed by atoms with E-state index in [1.54, 1.807) is 30.1 Å². The van der Waals surface area contributed by atoms with E-state index in [0.717, 1.165) is 30.6 Å². The van der Waals surface area contributed by atoms with Gasteiger partial charge < -0.3 is 25.0 Å². The van der Waals surface area contributed by atoms with Crippen LogP contribution in [-0.2, 0) is 6.54 Å². The highest BCUT2D eigenvalue weighted by Gasteiger charge is 2.27.